The van der Waals surface area contributed by atoms with Crippen molar-refractivity contribution in [2.24, 2.45) is 11.8 Å². The summed E-state index contributed by atoms with van der Waals surface area (Å²) in [7, 11) is -2.87. The Kier molecular flexibility index (Phi) is 2.84. The highest BCUT2D eigenvalue weighted by atomic mass is 32.2. The van der Waals surface area contributed by atoms with Gasteiger partial charge in [-0.25, -0.2) is 8.42 Å². The number of fused-ring (bicyclic) bond motifs is 1. The largest absolute Gasteiger partial charge is 0.309 e. The van der Waals surface area contributed by atoms with Crippen molar-refractivity contribution in [1.82, 2.24) is 5.32 Å². The second kappa shape index (κ2) is 3.74. The zero-order valence-electron chi connectivity index (χ0n) is 9.73. The lowest BCUT2D eigenvalue weighted by atomic mass is 9.79. The maximum atomic E-state index is 12.1. The third kappa shape index (κ3) is 2.07. The predicted molar refractivity (Wildman–Crippen MR) is 61.5 cm³/mol. The number of hydrogen-bond acceptors (Lipinski definition) is 3. The molecule has 1 saturated carbocycles. The quantitative estimate of drug-likeness (QED) is 0.681. The van der Waals surface area contributed by atoms with Gasteiger partial charge in [-0.3, -0.25) is 0 Å². The molecule has 88 valence electrons. The smallest absolute Gasteiger partial charge is 0.156 e. The number of nitrogens with one attached hydrogen (secondary N) is 1. The molecule has 1 aliphatic heterocycles. The van der Waals surface area contributed by atoms with E-state index in [0.29, 0.717) is 17.6 Å². The second-order valence-electron chi connectivity index (χ2n) is 5.52. The molecule has 0 aromatic rings. The van der Waals surface area contributed by atoms with Crippen molar-refractivity contribution in [3.8, 4) is 0 Å². The Balaban J connectivity index is 2.28. The van der Waals surface area contributed by atoms with E-state index in [0.717, 1.165) is 12.8 Å². The summed E-state index contributed by atoms with van der Waals surface area (Å²) in [6.45, 7) is 6.28. The van der Waals surface area contributed by atoms with E-state index in [-0.39, 0.29) is 17.3 Å². The summed E-state index contributed by atoms with van der Waals surface area (Å²) >= 11 is 0. The van der Waals surface area contributed by atoms with Gasteiger partial charge in [0.05, 0.1) is 11.0 Å². The first-order valence-electron chi connectivity index (χ1n) is 5.88. The van der Waals surface area contributed by atoms with E-state index in [4.69, 9.17) is 0 Å². The molecule has 15 heavy (non-hydrogen) atoms. The van der Waals surface area contributed by atoms with Gasteiger partial charge in [0.1, 0.15) is 0 Å². The number of hydrogen-bond donors (Lipinski definition) is 1. The van der Waals surface area contributed by atoms with E-state index in [9.17, 15) is 8.42 Å². The Bertz CT molecular complexity index is 336. The molecular formula is C11H21NO2S. The van der Waals surface area contributed by atoms with E-state index in [1.807, 2.05) is 6.92 Å². The predicted octanol–water partition coefficient (Wildman–Crippen LogP) is 1.20. The zero-order chi connectivity index (χ0) is 11.2. The SMILES string of the molecule is CC1CC(C)C2C(C1)NC(C)CS2(=O)=O. The van der Waals surface area contributed by atoms with Crippen LogP contribution in [0.25, 0.3) is 0 Å². The van der Waals surface area contributed by atoms with Crippen molar-refractivity contribution in [3.63, 3.8) is 0 Å². The van der Waals surface area contributed by atoms with Crippen molar-refractivity contribution in [2.45, 2.75) is 50.9 Å². The van der Waals surface area contributed by atoms with E-state index < -0.39 is 9.84 Å². The molecule has 4 heteroatoms. The molecule has 1 aliphatic carbocycles. The van der Waals surface area contributed by atoms with Gasteiger partial charge in [-0.1, -0.05) is 13.8 Å². The van der Waals surface area contributed by atoms with Gasteiger partial charge >= 0.3 is 0 Å². The van der Waals surface area contributed by atoms with Crippen LogP contribution in [0, 0.1) is 11.8 Å². The van der Waals surface area contributed by atoms with E-state index in [1.165, 1.54) is 0 Å². The molecule has 2 rings (SSSR count). The number of sulfone groups is 1. The van der Waals surface area contributed by atoms with Crippen molar-refractivity contribution < 1.29 is 8.42 Å². The van der Waals surface area contributed by atoms with Gasteiger partial charge in [-0.2, -0.15) is 0 Å². The lowest BCUT2D eigenvalue weighted by Crippen LogP contribution is -2.60. The van der Waals surface area contributed by atoms with Gasteiger partial charge < -0.3 is 5.32 Å². The zero-order valence-corrected chi connectivity index (χ0v) is 10.5. The Morgan fingerprint density at radius 2 is 1.80 bits per heavy atom. The van der Waals surface area contributed by atoms with Crippen molar-refractivity contribution in [1.29, 1.82) is 0 Å². The van der Waals surface area contributed by atoms with Crippen LogP contribution in [-0.4, -0.2) is 31.5 Å². The lowest BCUT2D eigenvalue weighted by Gasteiger charge is -2.44. The molecule has 0 spiro atoms. The first-order chi connectivity index (χ1) is 6.90. The molecule has 5 atom stereocenters. The van der Waals surface area contributed by atoms with Crippen molar-refractivity contribution >= 4 is 9.84 Å². The fourth-order valence-electron chi connectivity index (χ4n) is 3.47. The van der Waals surface area contributed by atoms with Gasteiger partial charge in [-0.05, 0) is 31.6 Å². The fourth-order valence-corrected chi connectivity index (χ4v) is 5.99. The minimum atomic E-state index is -2.87. The highest BCUT2D eigenvalue weighted by Gasteiger charge is 2.45. The molecule has 0 radical (unpaired) electrons. The molecule has 3 nitrogen and oxygen atoms in total. The Hall–Kier alpha value is -0.0900. The average molecular weight is 231 g/mol. The van der Waals surface area contributed by atoms with Gasteiger partial charge in [0, 0.05) is 12.1 Å². The molecular weight excluding hydrogens is 210 g/mol. The molecule has 0 aromatic heterocycles. The average Bonchev–Trinajstić information content (AvgIpc) is 1.97. The summed E-state index contributed by atoms with van der Waals surface area (Å²) in [5.41, 5.74) is 0. The van der Waals surface area contributed by atoms with E-state index >= 15 is 0 Å². The van der Waals surface area contributed by atoms with Crippen molar-refractivity contribution in [2.75, 3.05) is 5.75 Å². The third-order valence-electron chi connectivity index (χ3n) is 3.78. The van der Waals surface area contributed by atoms with Crippen LogP contribution in [0.2, 0.25) is 0 Å². The lowest BCUT2D eigenvalue weighted by molar-refractivity contribution is 0.224. The van der Waals surface area contributed by atoms with Gasteiger partial charge in [0.25, 0.3) is 0 Å². The van der Waals surface area contributed by atoms with Crippen LogP contribution in [0.15, 0.2) is 0 Å². The van der Waals surface area contributed by atoms with Crippen LogP contribution in [0.3, 0.4) is 0 Å². The Labute approximate surface area is 92.6 Å². The molecule has 0 bridgehead atoms. The molecule has 1 saturated heterocycles. The molecule has 0 aromatic carbocycles. The van der Waals surface area contributed by atoms with Crippen LogP contribution in [0.4, 0.5) is 0 Å². The summed E-state index contributed by atoms with van der Waals surface area (Å²) in [6, 6.07) is 0.311. The van der Waals surface area contributed by atoms with Crippen molar-refractivity contribution in [3.05, 3.63) is 0 Å². The first kappa shape index (κ1) is 11.4. The monoisotopic (exact) mass is 231 g/mol. The third-order valence-corrected chi connectivity index (χ3v) is 6.37. The fraction of sp³-hybridized carbons (Fsp3) is 1.00. The first-order valence-corrected chi connectivity index (χ1v) is 7.59. The highest BCUT2D eigenvalue weighted by Crippen LogP contribution is 2.35. The van der Waals surface area contributed by atoms with E-state index in [1.54, 1.807) is 0 Å². The van der Waals surface area contributed by atoms with Gasteiger partial charge in [0.15, 0.2) is 9.84 Å². The minimum Gasteiger partial charge on any atom is -0.309 e. The van der Waals surface area contributed by atoms with Crippen LogP contribution < -0.4 is 5.32 Å². The van der Waals surface area contributed by atoms with E-state index in [2.05, 4.69) is 19.2 Å². The molecule has 2 aliphatic rings. The summed E-state index contributed by atoms with van der Waals surface area (Å²) < 4.78 is 24.2. The maximum absolute atomic E-state index is 12.1. The molecule has 2 fully saturated rings. The highest BCUT2D eigenvalue weighted by molar-refractivity contribution is 7.92. The summed E-state index contributed by atoms with van der Waals surface area (Å²) in [6.07, 6.45) is 2.06. The van der Waals surface area contributed by atoms with Gasteiger partial charge in [0.2, 0.25) is 0 Å². The minimum absolute atomic E-state index is 0.119. The second-order valence-corrected chi connectivity index (χ2v) is 7.73. The van der Waals surface area contributed by atoms with Gasteiger partial charge in [-0.15, -0.1) is 0 Å². The van der Waals surface area contributed by atoms with Crippen LogP contribution in [0.5, 0.6) is 0 Å². The summed E-state index contributed by atoms with van der Waals surface area (Å²) in [4.78, 5) is 0. The topological polar surface area (TPSA) is 46.2 Å². The molecule has 5 unspecified atom stereocenters. The Morgan fingerprint density at radius 1 is 1.13 bits per heavy atom. The number of rotatable bonds is 0. The normalized spacial score (nSPS) is 49.7. The molecule has 1 heterocycles. The van der Waals surface area contributed by atoms with Crippen LogP contribution in [0.1, 0.15) is 33.6 Å². The van der Waals surface area contributed by atoms with Crippen LogP contribution >= 0.6 is 0 Å². The summed E-state index contributed by atoms with van der Waals surface area (Å²) in [5.74, 6) is 1.27. The Morgan fingerprint density at radius 3 is 2.47 bits per heavy atom. The molecule has 1 N–H and O–H groups in total. The maximum Gasteiger partial charge on any atom is 0.156 e. The summed E-state index contributed by atoms with van der Waals surface area (Å²) in [5, 5.41) is 3.32. The standard InChI is InChI=1S/C11H21NO2S/c1-7-4-8(2)11-10(5-7)12-9(3)6-15(11,13)14/h7-12H,4-6H2,1-3H3. The molecule has 0 amide bonds. The van der Waals surface area contributed by atoms with Crippen LogP contribution in [-0.2, 0) is 9.84 Å².